The number of nitrogens with zero attached hydrogens (tertiary/aromatic N) is 3. The van der Waals surface area contributed by atoms with Gasteiger partial charge in [-0.2, -0.15) is 0 Å². The minimum Gasteiger partial charge on any atom is -0.296 e. The molecule has 0 aliphatic rings. The Balaban J connectivity index is 1.60. The van der Waals surface area contributed by atoms with E-state index < -0.39 is 10.0 Å². The molecule has 0 fully saturated rings. The van der Waals surface area contributed by atoms with Crippen LogP contribution in [0.1, 0.15) is 22.8 Å². The lowest BCUT2D eigenvalue weighted by Gasteiger charge is -2.18. The molecule has 1 amide bonds. The molecule has 0 aliphatic carbocycles. The molecule has 3 aromatic rings. The zero-order chi connectivity index (χ0) is 20.9. The highest BCUT2D eigenvalue weighted by atomic mass is 32.2. The van der Waals surface area contributed by atoms with Gasteiger partial charge in [-0.05, 0) is 36.8 Å². The molecule has 29 heavy (non-hydrogen) atoms. The second-order valence-corrected chi connectivity index (χ2v) is 10.5. The maximum atomic E-state index is 12.4. The van der Waals surface area contributed by atoms with Gasteiger partial charge in [-0.25, -0.2) is 8.42 Å². The van der Waals surface area contributed by atoms with E-state index in [1.54, 1.807) is 43.0 Å². The third-order valence-electron chi connectivity index (χ3n) is 4.11. The Kier molecular flexibility index (Phi) is 6.88. The summed E-state index contributed by atoms with van der Waals surface area (Å²) in [6.45, 7) is 1.59. The van der Waals surface area contributed by atoms with Gasteiger partial charge in [-0.15, -0.1) is 10.2 Å². The van der Waals surface area contributed by atoms with E-state index in [1.165, 1.54) is 28.3 Å². The summed E-state index contributed by atoms with van der Waals surface area (Å²) in [4.78, 5) is 12.4. The number of amides is 1. The normalized spacial score (nSPS) is 11.2. The summed E-state index contributed by atoms with van der Waals surface area (Å²) in [5.41, 5.74) is 2.09. The highest BCUT2D eigenvalue weighted by Crippen LogP contribution is 2.28. The van der Waals surface area contributed by atoms with Gasteiger partial charge in [0.1, 0.15) is 0 Å². The van der Waals surface area contributed by atoms with Crippen LogP contribution in [0.3, 0.4) is 0 Å². The molecule has 1 aromatic heterocycles. The number of thioether (sulfide) groups is 1. The van der Waals surface area contributed by atoms with Gasteiger partial charge in [-0.1, -0.05) is 53.4 Å². The summed E-state index contributed by atoms with van der Waals surface area (Å²) in [6.07, 6.45) is 0. The third-order valence-corrected chi connectivity index (χ3v) is 7.93. The number of benzene rings is 2. The molecule has 0 atom stereocenters. The molecular weight excluding hydrogens is 428 g/mol. The van der Waals surface area contributed by atoms with Crippen molar-refractivity contribution >= 4 is 49.8 Å². The number of carbonyl (C=O) groups excluding carboxylic acids is 1. The average molecular weight is 449 g/mol. The second-order valence-electron chi connectivity index (χ2n) is 6.02. The van der Waals surface area contributed by atoms with Crippen LogP contribution in [0.5, 0.6) is 0 Å². The number of anilines is 2. The molecule has 1 heterocycles. The van der Waals surface area contributed by atoms with Crippen molar-refractivity contribution in [1.82, 2.24) is 10.2 Å². The highest BCUT2D eigenvalue weighted by Gasteiger charge is 2.16. The van der Waals surface area contributed by atoms with Crippen molar-refractivity contribution < 1.29 is 13.2 Å². The molecule has 7 nitrogen and oxygen atoms in total. The number of nitrogens with one attached hydrogen (secondary N) is 1. The predicted molar refractivity (Wildman–Crippen MR) is 118 cm³/mol. The van der Waals surface area contributed by atoms with Gasteiger partial charge in [0, 0.05) is 18.4 Å². The van der Waals surface area contributed by atoms with E-state index in [0.29, 0.717) is 16.4 Å². The molecule has 10 heteroatoms. The Hall–Kier alpha value is -2.43. The minimum absolute atomic E-state index is 0.00734. The van der Waals surface area contributed by atoms with Gasteiger partial charge < -0.3 is 0 Å². The second kappa shape index (κ2) is 9.38. The number of hydrogen-bond acceptors (Lipinski definition) is 7. The number of hydrogen-bond donors (Lipinski definition) is 1. The van der Waals surface area contributed by atoms with Crippen LogP contribution in [0, 0.1) is 0 Å². The first-order chi connectivity index (χ1) is 13.9. The Morgan fingerprint density at radius 1 is 1.10 bits per heavy atom. The van der Waals surface area contributed by atoms with Crippen LogP contribution in [0.2, 0.25) is 0 Å². The first-order valence-electron chi connectivity index (χ1n) is 8.77. The standard InChI is InChI=1S/C19H20N4O3S3/c1-3-29(25,26)23(2)16-11-9-15(10-12-16)17(24)20-18-21-22-19(28-18)27-13-14-7-5-4-6-8-14/h4-12H,3,13H2,1-2H3,(H,20,21,24). The maximum Gasteiger partial charge on any atom is 0.257 e. The van der Waals surface area contributed by atoms with Crippen LogP contribution in [0.4, 0.5) is 10.8 Å². The Morgan fingerprint density at radius 3 is 2.45 bits per heavy atom. The number of rotatable bonds is 8. The molecule has 0 aliphatic heterocycles. The lowest BCUT2D eigenvalue weighted by molar-refractivity contribution is 0.102. The monoisotopic (exact) mass is 448 g/mol. The van der Waals surface area contributed by atoms with Crippen LogP contribution >= 0.6 is 23.1 Å². The maximum absolute atomic E-state index is 12.4. The van der Waals surface area contributed by atoms with E-state index in [2.05, 4.69) is 15.5 Å². The van der Waals surface area contributed by atoms with E-state index in [9.17, 15) is 13.2 Å². The summed E-state index contributed by atoms with van der Waals surface area (Å²) in [7, 11) is -1.85. The zero-order valence-corrected chi connectivity index (χ0v) is 18.4. The summed E-state index contributed by atoms with van der Waals surface area (Å²) in [5, 5.41) is 11.3. The third kappa shape index (κ3) is 5.55. The van der Waals surface area contributed by atoms with Crippen molar-refractivity contribution in [2.45, 2.75) is 17.0 Å². The van der Waals surface area contributed by atoms with Gasteiger partial charge in [-0.3, -0.25) is 14.4 Å². The van der Waals surface area contributed by atoms with Crippen LogP contribution in [-0.4, -0.2) is 37.3 Å². The van der Waals surface area contributed by atoms with E-state index in [4.69, 9.17) is 0 Å². The molecule has 2 aromatic carbocycles. The van der Waals surface area contributed by atoms with Gasteiger partial charge in [0.15, 0.2) is 4.34 Å². The highest BCUT2D eigenvalue weighted by molar-refractivity contribution is 8.00. The number of sulfonamides is 1. The summed E-state index contributed by atoms with van der Waals surface area (Å²) in [5.74, 6) is 0.459. The van der Waals surface area contributed by atoms with Crippen LogP contribution in [0.25, 0.3) is 0 Å². The molecule has 0 saturated heterocycles. The van der Waals surface area contributed by atoms with Crippen molar-refractivity contribution in [3.05, 3.63) is 65.7 Å². The molecule has 0 saturated carbocycles. The first kappa shape index (κ1) is 21.3. The van der Waals surface area contributed by atoms with Crippen LogP contribution in [-0.2, 0) is 15.8 Å². The number of aromatic nitrogens is 2. The average Bonchev–Trinajstić information content (AvgIpc) is 3.19. The van der Waals surface area contributed by atoms with Crippen LogP contribution < -0.4 is 9.62 Å². The largest absolute Gasteiger partial charge is 0.296 e. The van der Waals surface area contributed by atoms with Gasteiger partial charge in [0.25, 0.3) is 5.91 Å². The van der Waals surface area contributed by atoms with E-state index in [1.807, 2.05) is 30.3 Å². The molecule has 0 spiro atoms. The first-order valence-corrected chi connectivity index (χ1v) is 12.2. The van der Waals surface area contributed by atoms with Gasteiger partial charge in [0.05, 0.1) is 11.4 Å². The SMILES string of the molecule is CCS(=O)(=O)N(C)c1ccc(C(=O)Nc2nnc(SCc3ccccc3)s2)cc1. The summed E-state index contributed by atoms with van der Waals surface area (Å²) >= 11 is 2.87. The summed E-state index contributed by atoms with van der Waals surface area (Å²) in [6, 6.07) is 16.4. The number of carbonyl (C=O) groups is 1. The predicted octanol–water partition coefficient (Wildman–Crippen LogP) is 3.87. The topological polar surface area (TPSA) is 92.3 Å². The minimum atomic E-state index is -3.34. The lowest BCUT2D eigenvalue weighted by atomic mass is 10.2. The Bertz CT molecular complexity index is 1070. The van der Waals surface area contributed by atoms with Crippen molar-refractivity contribution in [3.8, 4) is 0 Å². The molecule has 0 radical (unpaired) electrons. The molecule has 0 unspecified atom stereocenters. The fraction of sp³-hybridized carbons (Fsp3) is 0.211. The van der Waals surface area contributed by atoms with Gasteiger partial charge >= 0.3 is 0 Å². The fourth-order valence-corrected chi connectivity index (χ4v) is 4.92. The zero-order valence-electron chi connectivity index (χ0n) is 15.9. The van der Waals surface area contributed by atoms with E-state index >= 15 is 0 Å². The Labute approximate surface area is 178 Å². The molecule has 0 bridgehead atoms. The fourth-order valence-electron chi connectivity index (χ4n) is 2.38. The van der Waals surface area contributed by atoms with Gasteiger partial charge in [0.2, 0.25) is 15.2 Å². The van der Waals surface area contributed by atoms with Crippen molar-refractivity contribution in [2.24, 2.45) is 0 Å². The smallest absolute Gasteiger partial charge is 0.257 e. The molecule has 3 rings (SSSR count). The molecule has 1 N–H and O–H groups in total. The van der Waals surface area contributed by atoms with Crippen molar-refractivity contribution in [3.63, 3.8) is 0 Å². The molecule has 152 valence electrons. The van der Waals surface area contributed by atoms with E-state index in [0.717, 1.165) is 10.1 Å². The summed E-state index contributed by atoms with van der Waals surface area (Å²) < 4.78 is 25.8. The van der Waals surface area contributed by atoms with Crippen molar-refractivity contribution in [1.29, 1.82) is 0 Å². The quantitative estimate of drug-likeness (QED) is 0.415. The van der Waals surface area contributed by atoms with E-state index in [-0.39, 0.29) is 11.7 Å². The molecular formula is C19H20N4O3S3. The van der Waals surface area contributed by atoms with Crippen molar-refractivity contribution in [2.75, 3.05) is 22.4 Å². The van der Waals surface area contributed by atoms with Crippen LogP contribution in [0.15, 0.2) is 58.9 Å². The lowest BCUT2D eigenvalue weighted by Crippen LogP contribution is -2.28. The Morgan fingerprint density at radius 2 is 1.79 bits per heavy atom.